The highest BCUT2D eigenvalue weighted by Gasteiger charge is 2.32. The Balaban J connectivity index is 1.85. The van der Waals surface area contributed by atoms with Gasteiger partial charge in [0.1, 0.15) is 10.5 Å². The first-order valence-electron chi connectivity index (χ1n) is 7.70. The number of sulfonamides is 1. The third-order valence-electron chi connectivity index (χ3n) is 4.29. The lowest BCUT2D eigenvalue weighted by Gasteiger charge is -2.19. The van der Waals surface area contributed by atoms with Crippen LogP contribution in [0.25, 0.3) is 11.0 Å². The van der Waals surface area contributed by atoms with Crippen LogP contribution in [0.15, 0.2) is 44.9 Å². The summed E-state index contributed by atoms with van der Waals surface area (Å²) in [4.78, 5) is 41.5. The standard InChI is InChI=1S/C15H11N5O6S/c21-14-11-6-10(7-16-13(11)17-15(22)18-14)27(25,26)19-4-3-8-1-2-9(20(23)24)5-12(8)19/h1-2,5-7H,3-4H2,(H2,16,17,18,21,22). The summed E-state index contributed by atoms with van der Waals surface area (Å²) < 4.78 is 27.1. The number of hydrogen-bond acceptors (Lipinski definition) is 7. The Bertz CT molecular complexity index is 1330. The fourth-order valence-corrected chi connectivity index (χ4v) is 4.47. The maximum atomic E-state index is 13.0. The van der Waals surface area contributed by atoms with Crippen molar-refractivity contribution >= 4 is 32.4 Å². The maximum absolute atomic E-state index is 13.0. The lowest BCUT2D eigenvalue weighted by molar-refractivity contribution is -0.384. The van der Waals surface area contributed by atoms with E-state index in [1.807, 2.05) is 4.98 Å². The van der Waals surface area contributed by atoms with Gasteiger partial charge in [0.15, 0.2) is 0 Å². The number of hydrogen-bond donors (Lipinski definition) is 2. The van der Waals surface area contributed by atoms with Gasteiger partial charge in [0, 0.05) is 24.9 Å². The Morgan fingerprint density at radius 3 is 2.70 bits per heavy atom. The molecule has 0 saturated carbocycles. The molecule has 0 amide bonds. The lowest BCUT2D eigenvalue weighted by Crippen LogP contribution is -2.30. The van der Waals surface area contributed by atoms with Crippen molar-refractivity contribution in [1.82, 2.24) is 15.0 Å². The summed E-state index contributed by atoms with van der Waals surface area (Å²) in [5, 5.41) is 10.9. The van der Waals surface area contributed by atoms with Crippen LogP contribution in [0.5, 0.6) is 0 Å². The van der Waals surface area contributed by atoms with E-state index in [2.05, 4.69) is 9.97 Å². The van der Waals surface area contributed by atoms with Crippen molar-refractivity contribution in [3.8, 4) is 0 Å². The number of nitrogens with zero attached hydrogens (tertiary/aromatic N) is 3. The highest BCUT2D eigenvalue weighted by molar-refractivity contribution is 7.92. The Morgan fingerprint density at radius 1 is 1.19 bits per heavy atom. The molecule has 11 nitrogen and oxygen atoms in total. The molecular weight excluding hydrogens is 378 g/mol. The van der Waals surface area contributed by atoms with E-state index >= 15 is 0 Å². The molecule has 1 aliphatic heterocycles. The first-order chi connectivity index (χ1) is 12.8. The fourth-order valence-electron chi connectivity index (χ4n) is 3.00. The van der Waals surface area contributed by atoms with Gasteiger partial charge in [0.25, 0.3) is 21.3 Å². The van der Waals surface area contributed by atoms with Crippen LogP contribution in [-0.4, -0.2) is 34.8 Å². The van der Waals surface area contributed by atoms with E-state index in [9.17, 15) is 28.1 Å². The number of non-ortho nitro benzene ring substituents is 1. The molecule has 2 aromatic heterocycles. The Hall–Kier alpha value is -3.54. The SMILES string of the molecule is O=c1[nH]c(=O)c2cc(S(=O)(=O)N3CCc4ccc([N+](=O)[O-])cc43)cnc2[nH]1. The van der Waals surface area contributed by atoms with Crippen molar-refractivity contribution in [1.29, 1.82) is 0 Å². The normalized spacial score (nSPS) is 13.7. The zero-order valence-electron chi connectivity index (χ0n) is 13.5. The molecule has 0 atom stereocenters. The van der Waals surface area contributed by atoms with Crippen molar-refractivity contribution in [2.45, 2.75) is 11.3 Å². The molecule has 27 heavy (non-hydrogen) atoms. The molecule has 0 aliphatic carbocycles. The number of anilines is 1. The van der Waals surface area contributed by atoms with Gasteiger partial charge in [-0.1, -0.05) is 6.07 Å². The zero-order chi connectivity index (χ0) is 19.3. The van der Waals surface area contributed by atoms with Crippen LogP contribution < -0.4 is 15.6 Å². The quantitative estimate of drug-likeness (QED) is 0.480. The Kier molecular flexibility index (Phi) is 3.59. The second-order valence-electron chi connectivity index (χ2n) is 5.87. The minimum absolute atomic E-state index is 0.0415. The number of nitro benzene ring substituents is 1. The highest BCUT2D eigenvalue weighted by Crippen LogP contribution is 2.35. The number of rotatable bonds is 3. The van der Waals surface area contributed by atoms with Crippen LogP contribution >= 0.6 is 0 Å². The molecule has 0 radical (unpaired) electrons. The minimum Gasteiger partial charge on any atom is -0.291 e. The first kappa shape index (κ1) is 16.9. The predicted octanol–water partition coefficient (Wildman–Crippen LogP) is 0.271. The molecule has 0 fully saturated rings. The van der Waals surface area contributed by atoms with Gasteiger partial charge >= 0.3 is 5.69 Å². The Morgan fingerprint density at radius 2 is 1.96 bits per heavy atom. The Labute approximate surface area is 150 Å². The highest BCUT2D eigenvalue weighted by atomic mass is 32.2. The fraction of sp³-hybridized carbons (Fsp3) is 0.133. The van der Waals surface area contributed by atoms with E-state index in [0.717, 1.165) is 16.6 Å². The number of pyridine rings is 1. The van der Waals surface area contributed by atoms with E-state index in [4.69, 9.17) is 0 Å². The molecule has 0 saturated heterocycles. The summed E-state index contributed by atoms with van der Waals surface area (Å²) in [6, 6.07) is 5.17. The second-order valence-corrected chi connectivity index (χ2v) is 7.74. The number of H-pyrrole nitrogens is 2. The summed E-state index contributed by atoms with van der Waals surface area (Å²) in [5.41, 5.74) is -0.895. The van der Waals surface area contributed by atoms with Gasteiger partial charge in [-0.05, 0) is 18.1 Å². The van der Waals surface area contributed by atoms with E-state index in [1.54, 1.807) is 0 Å². The largest absolute Gasteiger partial charge is 0.327 e. The molecule has 0 unspecified atom stereocenters. The molecule has 3 aromatic rings. The van der Waals surface area contributed by atoms with Crippen molar-refractivity contribution in [3.63, 3.8) is 0 Å². The van der Waals surface area contributed by atoms with E-state index in [-0.39, 0.29) is 33.8 Å². The topological polar surface area (TPSA) is 159 Å². The molecular formula is C15H11N5O6S. The molecule has 12 heteroatoms. The molecule has 2 N–H and O–H groups in total. The number of aromatic nitrogens is 3. The average molecular weight is 389 g/mol. The zero-order valence-corrected chi connectivity index (χ0v) is 14.3. The van der Waals surface area contributed by atoms with Crippen molar-refractivity contribution in [2.24, 2.45) is 0 Å². The van der Waals surface area contributed by atoms with E-state index in [0.29, 0.717) is 12.0 Å². The molecule has 3 heterocycles. The van der Waals surface area contributed by atoms with Crippen LogP contribution in [-0.2, 0) is 16.4 Å². The number of benzene rings is 1. The van der Waals surface area contributed by atoms with Crippen molar-refractivity contribution < 1.29 is 13.3 Å². The predicted molar refractivity (Wildman–Crippen MR) is 94.3 cm³/mol. The number of aromatic amines is 2. The molecule has 4 rings (SSSR count). The summed E-state index contributed by atoms with van der Waals surface area (Å²) >= 11 is 0. The summed E-state index contributed by atoms with van der Waals surface area (Å²) in [6.45, 7) is 0.110. The lowest BCUT2D eigenvalue weighted by atomic mass is 10.1. The molecule has 138 valence electrons. The van der Waals surface area contributed by atoms with Gasteiger partial charge in [0.2, 0.25) is 0 Å². The van der Waals surface area contributed by atoms with Crippen LogP contribution in [0.3, 0.4) is 0 Å². The third-order valence-corrected chi connectivity index (χ3v) is 6.07. The smallest absolute Gasteiger partial charge is 0.291 e. The monoisotopic (exact) mass is 389 g/mol. The summed E-state index contributed by atoms with van der Waals surface area (Å²) in [7, 11) is -4.11. The second kappa shape index (κ2) is 5.74. The number of fused-ring (bicyclic) bond motifs is 2. The van der Waals surface area contributed by atoms with E-state index < -0.39 is 26.2 Å². The van der Waals surface area contributed by atoms with Gasteiger partial charge in [-0.15, -0.1) is 0 Å². The first-order valence-corrected chi connectivity index (χ1v) is 9.14. The summed E-state index contributed by atoms with van der Waals surface area (Å²) in [5.74, 6) is 0. The van der Waals surface area contributed by atoms with Gasteiger partial charge in [-0.25, -0.2) is 18.2 Å². The molecule has 0 spiro atoms. The van der Waals surface area contributed by atoms with Crippen LogP contribution in [0.2, 0.25) is 0 Å². The van der Waals surface area contributed by atoms with Gasteiger partial charge in [0.05, 0.1) is 16.0 Å². The average Bonchev–Trinajstić information content (AvgIpc) is 3.05. The maximum Gasteiger partial charge on any atom is 0.327 e. The van der Waals surface area contributed by atoms with Crippen LogP contribution in [0.4, 0.5) is 11.4 Å². The van der Waals surface area contributed by atoms with Gasteiger partial charge in [-0.2, -0.15) is 0 Å². The minimum atomic E-state index is -4.11. The number of nitrogens with one attached hydrogen (secondary N) is 2. The van der Waals surface area contributed by atoms with Crippen LogP contribution in [0.1, 0.15) is 5.56 Å². The van der Waals surface area contributed by atoms with Gasteiger partial charge < -0.3 is 0 Å². The third kappa shape index (κ3) is 2.66. The summed E-state index contributed by atoms with van der Waals surface area (Å²) in [6.07, 6.45) is 1.43. The molecule has 1 aliphatic rings. The van der Waals surface area contributed by atoms with Crippen LogP contribution in [0, 0.1) is 10.1 Å². The van der Waals surface area contributed by atoms with Crippen molar-refractivity contribution in [2.75, 3.05) is 10.8 Å². The van der Waals surface area contributed by atoms with Crippen molar-refractivity contribution in [3.05, 3.63) is 67.0 Å². The molecule has 1 aromatic carbocycles. The van der Waals surface area contributed by atoms with E-state index in [1.165, 1.54) is 18.2 Å². The number of nitro groups is 1. The molecule has 0 bridgehead atoms. The van der Waals surface area contributed by atoms with Gasteiger partial charge in [-0.3, -0.25) is 29.2 Å².